The minimum absolute atomic E-state index is 0.267. The molecular formula is C14H14N4O2. The lowest BCUT2D eigenvalue weighted by Crippen LogP contribution is -2.31. The molecule has 1 aliphatic rings. The zero-order chi connectivity index (χ0) is 13.8. The van der Waals surface area contributed by atoms with Gasteiger partial charge in [-0.3, -0.25) is 15.6 Å². The molecule has 2 heterocycles. The van der Waals surface area contributed by atoms with Crippen LogP contribution in [0, 0.1) is 0 Å². The number of carbonyl (C=O) groups excluding carboxylic acids is 1. The number of hydrogen-bond acceptors (Lipinski definition) is 5. The molecule has 0 saturated heterocycles. The summed E-state index contributed by atoms with van der Waals surface area (Å²) in [7, 11) is 0. The van der Waals surface area contributed by atoms with E-state index in [1.165, 1.54) is 0 Å². The van der Waals surface area contributed by atoms with Crippen LogP contribution in [0.4, 0.5) is 5.95 Å². The number of anilines is 1. The van der Waals surface area contributed by atoms with Crippen LogP contribution in [0.1, 0.15) is 22.3 Å². The summed E-state index contributed by atoms with van der Waals surface area (Å²) < 4.78 is 5.61. The Morgan fingerprint density at radius 2 is 2.05 bits per heavy atom. The number of benzene rings is 1. The van der Waals surface area contributed by atoms with Crippen molar-refractivity contribution < 1.29 is 9.53 Å². The van der Waals surface area contributed by atoms with E-state index in [0.717, 1.165) is 18.4 Å². The highest BCUT2D eigenvalue weighted by molar-refractivity contribution is 5.97. The van der Waals surface area contributed by atoms with Crippen LogP contribution in [0.5, 0.6) is 5.75 Å². The number of amides is 1. The highest BCUT2D eigenvalue weighted by Crippen LogP contribution is 2.28. The minimum atomic E-state index is -0.267. The second-order valence-corrected chi connectivity index (χ2v) is 4.40. The number of aromatic nitrogens is 2. The van der Waals surface area contributed by atoms with E-state index in [0.29, 0.717) is 23.9 Å². The highest BCUT2D eigenvalue weighted by atomic mass is 16.5. The average molecular weight is 270 g/mol. The number of hydrazine groups is 1. The van der Waals surface area contributed by atoms with Gasteiger partial charge in [-0.15, -0.1) is 0 Å². The number of aryl methyl sites for hydroxylation is 1. The van der Waals surface area contributed by atoms with Crippen molar-refractivity contribution in [3.8, 4) is 5.75 Å². The number of nitrogens with one attached hydrogen (secondary N) is 2. The van der Waals surface area contributed by atoms with Crippen molar-refractivity contribution in [3.05, 3.63) is 47.8 Å². The molecule has 0 fully saturated rings. The monoisotopic (exact) mass is 270 g/mol. The van der Waals surface area contributed by atoms with Gasteiger partial charge in [0.15, 0.2) is 0 Å². The molecule has 0 spiro atoms. The maximum absolute atomic E-state index is 12.2. The molecule has 0 atom stereocenters. The molecule has 2 aromatic rings. The quantitative estimate of drug-likeness (QED) is 0.828. The molecule has 1 aromatic carbocycles. The summed E-state index contributed by atoms with van der Waals surface area (Å²) >= 11 is 0. The summed E-state index contributed by atoms with van der Waals surface area (Å²) in [4.78, 5) is 20.1. The summed E-state index contributed by atoms with van der Waals surface area (Å²) in [5.74, 6) is 0.745. The molecule has 1 aromatic heterocycles. The Kier molecular flexibility index (Phi) is 3.45. The lowest BCUT2D eigenvalue weighted by atomic mass is 10.0. The first kappa shape index (κ1) is 12.4. The molecule has 2 N–H and O–H groups in total. The molecule has 0 bridgehead atoms. The van der Waals surface area contributed by atoms with E-state index >= 15 is 0 Å². The summed E-state index contributed by atoms with van der Waals surface area (Å²) in [6.07, 6.45) is 5.10. The van der Waals surface area contributed by atoms with E-state index in [-0.39, 0.29) is 5.91 Å². The normalized spacial score (nSPS) is 13.0. The maximum Gasteiger partial charge on any atom is 0.273 e. The SMILES string of the molecule is O=C(NNc1ncccn1)c1cccc2c1OCCC2. The molecule has 0 aliphatic carbocycles. The molecule has 1 amide bonds. The van der Waals surface area contributed by atoms with Crippen LogP contribution in [0.15, 0.2) is 36.7 Å². The molecule has 20 heavy (non-hydrogen) atoms. The maximum atomic E-state index is 12.2. The third-order valence-electron chi connectivity index (χ3n) is 3.03. The van der Waals surface area contributed by atoms with Crippen molar-refractivity contribution >= 4 is 11.9 Å². The van der Waals surface area contributed by atoms with Gasteiger partial charge in [0.2, 0.25) is 5.95 Å². The third kappa shape index (κ3) is 2.54. The van der Waals surface area contributed by atoms with Gasteiger partial charge in [-0.2, -0.15) is 0 Å². The Balaban J connectivity index is 1.74. The average Bonchev–Trinajstić information content (AvgIpc) is 2.53. The summed E-state index contributed by atoms with van der Waals surface area (Å²) in [5.41, 5.74) is 6.83. The van der Waals surface area contributed by atoms with Crippen molar-refractivity contribution in [2.45, 2.75) is 12.8 Å². The van der Waals surface area contributed by atoms with Crippen LogP contribution in [0.25, 0.3) is 0 Å². The fraction of sp³-hybridized carbons (Fsp3) is 0.214. The number of ether oxygens (including phenoxy) is 1. The van der Waals surface area contributed by atoms with Crippen molar-refractivity contribution in [3.63, 3.8) is 0 Å². The van der Waals surface area contributed by atoms with Crippen molar-refractivity contribution in [2.75, 3.05) is 12.0 Å². The fourth-order valence-electron chi connectivity index (χ4n) is 2.11. The number of rotatable bonds is 3. The topological polar surface area (TPSA) is 76.1 Å². The van der Waals surface area contributed by atoms with Crippen LogP contribution in [0.2, 0.25) is 0 Å². The van der Waals surface area contributed by atoms with Gasteiger partial charge < -0.3 is 4.74 Å². The Labute approximate surface area is 116 Å². The first-order valence-corrected chi connectivity index (χ1v) is 6.42. The zero-order valence-corrected chi connectivity index (χ0v) is 10.8. The predicted molar refractivity (Wildman–Crippen MR) is 73.4 cm³/mol. The van der Waals surface area contributed by atoms with Gasteiger partial charge in [0.05, 0.1) is 12.2 Å². The lowest BCUT2D eigenvalue weighted by Gasteiger charge is -2.19. The van der Waals surface area contributed by atoms with Crippen molar-refractivity contribution in [1.29, 1.82) is 0 Å². The van der Waals surface area contributed by atoms with E-state index < -0.39 is 0 Å². The smallest absolute Gasteiger partial charge is 0.273 e. The molecule has 1 aliphatic heterocycles. The largest absolute Gasteiger partial charge is 0.492 e. The fourth-order valence-corrected chi connectivity index (χ4v) is 2.11. The summed E-state index contributed by atoms with van der Waals surface area (Å²) in [6, 6.07) is 7.29. The predicted octanol–water partition coefficient (Wildman–Crippen LogP) is 1.56. The Bertz CT molecular complexity index is 616. The van der Waals surface area contributed by atoms with Gasteiger partial charge >= 0.3 is 0 Å². The summed E-state index contributed by atoms with van der Waals surface area (Å²) in [5, 5.41) is 0. The standard InChI is InChI=1S/C14H14N4O2/c19-13(17-18-14-15-7-3-8-16-14)11-6-1-4-10-5-2-9-20-12(10)11/h1,3-4,6-8H,2,5,9H2,(H,17,19)(H,15,16,18). The van der Waals surface area contributed by atoms with Crippen molar-refractivity contribution in [2.24, 2.45) is 0 Å². The van der Waals surface area contributed by atoms with Crippen LogP contribution in [0.3, 0.4) is 0 Å². The van der Waals surface area contributed by atoms with Gasteiger partial charge in [0, 0.05) is 12.4 Å². The lowest BCUT2D eigenvalue weighted by molar-refractivity contribution is 0.0957. The molecular weight excluding hydrogens is 256 g/mol. The Hall–Kier alpha value is -2.63. The summed E-state index contributed by atoms with van der Waals surface area (Å²) in [6.45, 7) is 0.645. The highest BCUT2D eigenvalue weighted by Gasteiger charge is 2.18. The molecule has 6 nitrogen and oxygen atoms in total. The van der Waals surface area contributed by atoms with Gasteiger partial charge in [-0.25, -0.2) is 9.97 Å². The van der Waals surface area contributed by atoms with Crippen LogP contribution in [-0.2, 0) is 6.42 Å². The first-order valence-electron chi connectivity index (χ1n) is 6.42. The Morgan fingerprint density at radius 1 is 1.20 bits per heavy atom. The number of para-hydroxylation sites is 1. The number of carbonyl (C=O) groups is 1. The van der Waals surface area contributed by atoms with E-state index in [1.807, 2.05) is 12.1 Å². The number of hydrogen-bond donors (Lipinski definition) is 2. The van der Waals surface area contributed by atoms with Gasteiger partial charge in [-0.05, 0) is 30.5 Å². The Morgan fingerprint density at radius 3 is 2.90 bits per heavy atom. The van der Waals surface area contributed by atoms with E-state index in [9.17, 15) is 4.79 Å². The van der Waals surface area contributed by atoms with Crippen molar-refractivity contribution in [1.82, 2.24) is 15.4 Å². The van der Waals surface area contributed by atoms with Crippen LogP contribution in [-0.4, -0.2) is 22.5 Å². The van der Waals surface area contributed by atoms with Crippen LogP contribution < -0.4 is 15.6 Å². The second-order valence-electron chi connectivity index (χ2n) is 4.40. The minimum Gasteiger partial charge on any atom is -0.492 e. The van der Waals surface area contributed by atoms with Crippen LogP contribution >= 0.6 is 0 Å². The number of nitrogens with zero attached hydrogens (tertiary/aromatic N) is 2. The van der Waals surface area contributed by atoms with E-state index in [2.05, 4.69) is 20.8 Å². The molecule has 0 saturated carbocycles. The van der Waals surface area contributed by atoms with Gasteiger partial charge in [0.1, 0.15) is 5.75 Å². The van der Waals surface area contributed by atoms with E-state index in [1.54, 1.807) is 24.5 Å². The zero-order valence-electron chi connectivity index (χ0n) is 10.8. The molecule has 102 valence electrons. The van der Waals surface area contributed by atoms with E-state index in [4.69, 9.17) is 4.74 Å². The molecule has 3 rings (SSSR count). The molecule has 0 unspecified atom stereocenters. The second kappa shape index (κ2) is 5.56. The molecule has 6 heteroatoms. The first-order chi connectivity index (χ1) is 9.84. The molecule has 0 radical (unpaired) electrons. The van der Waals surface area contributed by atoms with Gasteiger partial charge in [0.25, 0.3) is 5.91 Å². The third-order valence-corrected chi connectivity index (χ3v) is 3.03. The number of fused-ring (bicyclic) bond motifs is 1. The van der Waals surface area contributed by atoms with Gasteiger partial charge in [-0.1, -0.05) is 12.1 Å².